The fraction of sp³-hybridized carbons (Fsp3) is 0.733. The Morgan fingerprint density at radius 1 is 1.25 bits per heavy atom. The molecule has 0 aromatic carbocycles. The van der Waals surface area contributed by atoms with E-state index < -0.39 is 0 Å². The molecule has 1 heteroatoms. The average molecular weight is 221 g/mol. The molecule has 0 N–H and O–H groups in total. The minimum atomic E-state index is 0.823. The van der Waals surface area contributed by atoms with Crippen LogP contribution in [0, 0.1) is 0 Å². The normalized spacial score (nSPS) is 17.4. The molecule has 92 valence electrons. The maximum atomic E-state index is 3.83. The zero-order valence-corrected chi connectivity index (χ0v) is 11.0. The Morgan fingerprint density at radius 3 is 2.50 bits per heavy atom. The van der Waals surface area contributed by atoms with Crippen molar-refractivity contribution in [3.63, 3.8) is 0 Å². The lowest BCUT2D eigenvalue weighted by atomic mass is 9.94. The highest BCUT2D eigenvalue weighted by atomic mass is 15.1. The number of nitrogens with zero attached hydrogens (tertiary/aromatic N) is 1. The van der Waals surface area contributed by atoms with Gasteiger partial charge in [-0.1, -0.05) is 37.0 Å². The van der Waals surface area contributed by atoms with E-state index in [-0.39, 0.29) is 0 Å². The van der Waals surface area contributed by atoms with E-state index in [4.69, 9.17) is 0 Å². The summed E-state index contributed by atoms with van der Waals surface area (Å²) in [6.45, 7) is 10.5. The van der Waals surface area contributed by atoms with Crippen LogP contribution in [-0.2, 0) is 0 Å². The van der Waals surface area contributed by atoms with Crippen molar-refractivity contribution >= 4 is 0 Å². The Balaban J connectivity index is 2.46. The van der Waals surface area contributed by atoms with E-state index in [9.17, 15) is 0 Å². The molecule has 1 nitrogen and oxygen atoms in total. The zero-order chi connectivity index (χ0) is 11.8. The van der Waals surface area contributed by atoms with Crippen LogP contribution in [0.15, 0.2) is 24.3 Å². The Kier molecular flexibility index (Phi) is 6.47. The first-order valence-electron chi connectivity index (χ1n) is 6.72. The molecule has 0 bridgehead atoms. The molecule has 0 radical (unpaired) electrons. The van der Waals surface area contributed by atoms with Crippen molar-refractivity contribution in [2.45, 2.75) is 58.4 Å². The van der Waals surface area contributed by atoms with Crippen molar-refractivity contribution in [3.05, 3.63) is 24.3 Å². The summed E-state index contributed by atoms with van der Waals surface area (Å²) in [6, 6.07) is 0.823. The summed E-state index contributed by atoms with van der Waals surface area (Å²) >= 11 is 0. The molecular weight excluding hydrogens is 194 g/mol. The lowest BCUT2D eigenvalue weighted by Gasteiger charge is -2.33. The number of hydrogen-bond donors (Lipinski definition) is 0. The highest BCUT2D eigenvalue weighted by molar-refractivity contribution is 4.96. The zero-order valence-electron chi connectivity index (χ0n) is 11.0. The molecule has 0 atom stereocenters. The van der Waals surface area contributed by atoms with Crippen LogP contribution >= 0.6 is 0 Å². The van der Waals surface area contributed by atoms with Crippen LogP contribution in [0.1, 0.15) is 52.4 Å². The van der Waals surface area contributed by atoms with E-state index in [0.717, 1.165) is 19.0 Å². The van der Waals surface area contributed by atoms with Gasteiger partial charge in [-0.3, -0.25) is 4.90 Å². The third kappa shape index (κ3) is 4.98. The van der Waals surface area contributed by atoms with E-state index in [1.807, 2.05) is 6.08 Å². The fourth-order valence-corrected chi connectivity index (χ4v) is 2.43. The standard InChI is InChI=1S/C15H27N/c1-4-5-12-16(13-11-14(2)3)15-9-7-6-8-10-15/h4,11,15H,1,5-10,12-13H2,2-3H3. The molecule has 0 unspecified atom stereocenters. The molecule has 1 aliphatic carbocycles. The molecule has 1 fully saturated rings. The fourth-order valence-electron chi connectivity index (χ4n) is 2.43. The van der Waals surface area contributed by atoms with E-state index in [0.29, 0.717) is 0 Å². The first-order chi connectivity index (χ1) is 7.74. The SMILES string of the molecule is C=CCCN(CC=C(C)C)C1CCCCC1. The largest absolute Gasteiger partial charge is 0.296 e. The van der Waals surface area contributed by atoms with E-state index in [1.165, 1.54) is 44.2 Å². The lowest BCUT2D eigenvalue weighted by Crippen LogP contribution is -2.37. The second-order valence-corrected chi connectivity index (χ2v) is 5.15. The van der Waals surface area contributed by atoms with Gasteiger partial charge in [0.2, 0.25) is 0 Å². The Bertz CT molecular complexity index is 220. The van der Waals surface area contributed by atoms with Gasteiger partial charge in [-0.15, -0.1) is 6.58 Å². The predicted molar refractivity (Wildman–Crippen MR) is 72.7 cm³/mol. The predicted octanol–water partition coefficient (Wildman–Crippen LogP) is 4.16. The van der Waals surface area contributed by atoms with E-state index in [2.05, 4.69) is 31.4 Å². The third-order valence-corrected chi connectivity index (χ3v) is 3.45. The summed E-state index contributed by atoms with van der Waals surface area (Å²) in [5, 5.41) is 0. The van der Waals surface area contributed by atoms with Gasteiger partial charge in [-0.25, -0.2) is 0 Å². The van der Waals surface area contributed by atoms with Gasteiger partial charge in [0.05, 0.1) is 0 Å². The second kappa shape index (κ2) is 7.67. The average Bonchev–Trinajstić information content (AvgIpc) is 2.30. The van der Waals surface area contributed by atoms with Gasteiger partial charge in [-0.2, -0.15) is 0 Å². The monoisotopic (exact) mass is 221 g/mol. The van der Waals surface area contributed by atoms with E-state index in [1.54, 1.807) is 0 Å². The molecule has 1 saturated carbocycles. The summed E-state index contributed by atoms with van der Waals surface area (Å²) < 4.78 is 0. The van der Waals surface area contributed by atoms with Gasteiger partial charge in [-0.05, 0) is 33.1 Å². The van der Waals surface area contributed by atoms with Crippen LogP contribution in [0.5, 0.6) is 0 Å². The molecule has 0 saturated heterocycles. The second-order valence-electron chi connectivity index (χ2n) is 5.15. The van der Waals surface area contributed by atoms with Crippen molar-refractivity contribution in [2.75, 3.05) is 13.1 Å². The molecule has 0 aliphatic heterocycles. The van der Waals surface area contributed by atoms with Crippen molar-refractivity contribution in [1.82, 2.24) is 4.90 Å². The first-order valence-corrected chi connectivity index (χ1v) is 6.72. The highest BCUT2D eigenvalue weighted by Gasteiger charge is 2.19. The smallest absolute Gasteiger partial charge is 0.0168 e. The molecule has 0 spiro atoms. The number of allylic oxidation sites excluding steroid dienone is 1. The van der Waals surface area contributed by atoms with Crippen LogP contribution in [0.4, 0.5) is 0 Å². The van der Waals surface area contributed by atoms with Gasteiger partial charge in [0.15, 0.2) is 0 Å². The highest BCUT2D eigenvalue weighted by Crippen LogP contribution is 2.22. The molecule has 1 rings (SSSR count). The minimum Gasteiger partial charge on any atom is -0.296 e. The maximum Gasteiger partial charge on any atom is 0.0168 e. The van der Waals surface area contributed by atoms with Crippen LogP contribution in [0.3, 0.4) is 0 Å². The molecule has 1 aliphatic rings. The summed E-state index contributed by atoms with van der Waals surface area (Å²) in [5.74, 6) is 0. The van der Waals surface area contributed by atoms with Crippen molar-refractivity contribution in [1.29, 1.82) is 0 Å². The lowest BCUT2D eigenvalue weighted by molar-refractivity contribution is 0.175. The van der Waals surface area contributed by atoms with Gasteiger partial charge in [0.1, 0.15) is 0 Å². The molecule has 0 aromatic rings. The van der Waals surface area contributed by atoms with Gasteiger partial charge in [0.25, 0.3) is 0 Å². The van der Waals surface area contributed by atoms with Crippen LogP contribution in [0.25, 0.3) is 0 Å². The molecule has 0 amide bonds. The maximum absolute atomic E-state index is 3.83. The summed E-state index contributed by atoms with van der Waals surface area (Å²) in [4.78, 5) is 2.65. The van der Waals surface area contributed by atoms with Gasteiger partial charge < -0.3 is 0 Å². The van der Waals surface area contributed by atoms with Crippen molar-refractivity contribution in [2.24, 2.45) is 0 Å². The van der Waals surface area contributed by atoms with Crippen LogP contribution in [-0.4, -0.2) is 24.0 Å². The van der Waals surface area contributed by atoms with E-state index >= 15 is 0 Å². The van der Waals surface area contributed by atoms with Crippen molar-refractivity contribution in [3.8, 4) is 0 Å². The van der Waals surface area contributed by atoms with Gasteiger partial charge in [0, 0.05) is 19.1 Å². The van der Waals surface area contributed by atoms with Crippen molar-refractivity contribution < 1.29 is 0 Å². The van der Waals surface area contributed by atoms with Gasteiger partial charge >= 0.3 is 0 Å². The molecular formula is C15H27N. The molecule has 0 heterocycles. The topological polar surface area (TPSA) is 3.24 Å². The Hall–Kier alpha value is -0.560. The third-order valence-electron chi connectivity index (χ3n) is 3.45. The summed E-state index contributed by atoms with van der Waals surface area (Å²) in [7, 11) is 0. The Labute approximate surface area is 101 Å². The minimum absolute atomic E-state index is 0.823. The number of hydrogen-bond acceptors (Lipinski definition) is 1. The Morgan fingerprint density at radius 2 is 1.94 bits per heavy atom. The van der Waals surface area contributed by atoms with Crippen LogP contribution < -0.4 is 0 Å². The summed E-state index contributed by atoms with van der Waals surface area (Å²) in [6.07, 6.45) is 12.6. The van der Waals surface area contributed by atoms with Crippen LogP contribution in [0.2, 0.25) is 0 Å². The number of rotatable bonds is 6. The molecule has 0 aromatic heterocycles. The summed E-state index contributed by atoms with van der Waals surface area (Å²) in [5.41, 5.74) is 1.43. The molecule has 16 heavy (non-hydrogen) atoms. The first kappa shape index (κ1) is 13.5. The quantitative estimate of drug-likeness (QED) is 0.609.